The highest BCUT2D eigenvalue weighted by Crippen LogP contribution is 2.38. The Kier molecular flexibility index (Phi) is 5.35. The van der Waals surface area contributed by atoms with Gasteiger partial charge in [-0.25, -0.2) is 4.98 Å². The van der Waals surface area contributed by atoms with Crippen molar-refractivity contribution < 1.29 is 18.8 Å². The van der Waals surface area contributed by atoms with Crippen LogP contribution in [0.5, 0.6) is 5.88 Å². The van der Waals surface area contributed by atoms with E-state index < -0.39 is 18.3 Å². The molecule has 0 radical (unpaired) electrons. The van der Waals surface area contributed by atoms with Gasteiger partial charge in [0.05, 0.1) is 24.0 Å². The van der Waals surface area contributed by atoms with Crippen molar-refractivity contribution in [2.45, 2.75) is 45.8 Å². The molecular weight excluding hydrogens is 307 g/mol. The molecule has 2 rings (SSSR count). The Hall–Kier alpha value is -1.86. The summed E-state index contributed by atoms with van der Waals surface area (Å²) in [6.45, 7) is 9.77. The number of methoxy groups -OCH3 is 1. The number of hydrogen-bond acceptors (Lipinski definition) is 5. The molecule has 1 amide bonds. The van der Waals surface area contributed by atoms with E-state index in [2.05, 4.69) is 10.3 Å². The van der Waals surface area contributed by atoms with Gasteiger partial charge in [-0.05, 0) is 45.3 Å². The van der Waals surface area contributed by atoms with Gasteiger partial charge in [0.1, 0.15) is 0 Å². The van der Waals surface area contributed by atoms with Crippen molar-refractivity contribution in [1.29, 1.82) is 0 Å². The largest absolute Gasteiger partial charge is 0.492 e. The molecule has 1 saturated heterocycles. The SMILES string of the molecule is COc1cccc(C=C(CNC(C)=O)B2OC(C)(C)C(C)(C)O2)n1. The van der Waals surface area contributed by atoms with Crippen LogP contribution < -0.4 is 10.1 Å². The Morgan fingerprint density at radius 3 is 2.46 bits per heavy atom. The van der Waals surface area contributed by atoms with Crippen LogP contribution in [0.2, 0.25) is 0 Å². The quantitative estimate of drug-likeness (QED) is 0.838. The van der Waals surface area contributed by atoms with Gasteiger partial charge in [-0.2, -0.15) is 0 Å². The molecule has 0 aliphatic carbocycles. The number of amides is 1. The molecule has 1 aliphatic rings. The number of carbonyl (C=O) groups is 1. The number of carbonyl (C=O) groups excluding carboxylic acids is 1. The van der Waals surface area contributed by atoms with Crippen molar-refractivity contribution >= 4 is 19.1 Å². The molecule has 24 heavy (non-hydrogen) atoms. The zero-order chi connectivity index (χ0) is 18.0. The third-order valence-corrected chi connectivity index (χ3v) is 4.38. The number of aromatic nitrogens is 1. The number of nitrogens with zero attached hydrogens (tertiary/aromatic N) is 1. The summed E-state index contributed by atoms with van der Waals surface area (Å²) >= 11 is 0. The lowest BCUT2D eigenvalue weighted by Gasteiger charge is -2.32. The fraction of sp³-hybridized carbons (Fsp3) is 0.529. The fourth-order valence-corrected chi connectivity index (χ4v) is 2.24. The summed E-state index contributed by atoms with van der Waals surface area (Å²) in [5.41, 5.74) is 0.609. The minimum absolute atomic E-state index is 0.115. The average Bonchev–Trinajstić information content (AvgIpc) is 2.71. The van der Waals surface area contributed by atoms with Gasteiger partial charge in [0.15, 0.2) is 0 Å². The summed E-state index contributed by atoms with van der Waals surface area (Å²) in [5, 5.41) is 2.80. The molecule has 1 N–H and O–H groups in total. The highest BCUT2D eigenvalue weighted by Gasteiger charge is 2.52. The third-order valence-electron chi connectivity index (χ3n) is 4.38. The number of nitrogens with one attached hydrogen (secondary N) is 1. The van der Waals surface area contributed by atoms with E-state index in [4.69, 9.17) is 14.0 Å². The average molecular weight is 332 g/mol. The van der Waals surface area contributed by atoms with Crippen LogP contribution in [0.4, 0.5) is 0 Å². The zero-order valence-corrected chi connectivity index (χ0v) is 15.2. The summed E-state index contributed by atoms with van der Waals surface area (Å²) in [4.78, 5) is 15.7. The van der Waals surface area contributed by atoms with Crippen LogP contribution in [0, 0.1) is 0 Å². The Labute approximate surface area is 143 Å². The molecular formula is C17H25BN2O4. The maximum absolute atomic E-state index is 11.3. The van der Waals surface area contributed by atoms with Crippen LogP contribution in [0.3, 0.4) is 0 Å². The van der Waals surface area contributed by atoms with Gasteiger partial charge in [0, 0.05) is 19.5 Å². The standard InChI is InChI=1S/C17H25BN2O4/c1-12(21)19-11-13(10-14-8-7-9-15(20-14)22-6)18-23-16(2,3)17(4,5)24-18/h7-10H,11H2,1-6H3,(H,19,21). The van der Waals surface area contributed by atoms with Crippen LogP contribution in [0.1, 0.15) is 40.3 Å². The van der Waals surface area contributed by atoms with Gasteiger partial charge in [-0.15, -0.1) is 0 Å². The van der Waals surface area contributed by atoms with Crippen molar-refractivity contribution in [3.63, 3.8) is 0 Å². The molecule has 6 nitrogen and oxygen atoms in total. The molecule has 1 aromatic rings. The monoisotopic (exact) mass is 332 g/mol. The Bertz CT molecular complexity index is 627. The molecule has 2 heterocycles. The lowest BCUT2D eigenvalue weighted by Crippen LogP contribution is -2.41. The van der Waals surface area contributed by atoms with Gasteiger partial charge < -0.3 is 19.4 Å². The maximum Gasteiger partial charge on any atom is 0.492 e. The van der Waals surface area contributed by atoms with E-state index in [-0.39, 0.29) is 5.91 Å². The van der Waals surface area contributed by atoms with Gasteiger partial charge in [-0.3, -0.25) is 4.79 Å². The van der Waals surface area contributed by atoms with E-state index >= 15 is 0 Å². The summed E-state index contributed by atoms with van der Waals surface area (Å²) in [6.07, 6.45) is 1.86. The molecule has 1 aliphatic heterocycles. The highest BCUT2D eigenvalue weighted by atomic mass is 16.7. The van der Waals surface area contributed by atoms with Crippen LogP contribution in [0.15, 0.2) is 23.7 Å². The van der Waals surface area contributed by atoms with Crippen LogP contribution in [-0.2, 0) is 14.1 Å². The van der Waals surface area contributed by atoms with Crippen molar-refractivity contribution in [2.24, 2.45) is 0 Å². The number of ether oxygens (including phenoxy) is 1. The van der Waals surface area contributed by atoms with Crippen molar-refractivity contribution in [1.82, 2.24) is 10.3 Å². The van der Waals surface area contributed by atoms with E-state index in [9.17, 15) is 4.79 Å². The van der Waals surface area contributed by atoms with E-state index in [0.717, 1.165) is 5.47 Å². The summed E-state index contributed by atoms with van der Waals surface area (Å²) < 4.78 is 17.3. The smallest absolute Gasteiger partial charge is 0.481 e. The highest BCUT2D eigenvalue weighted by molar-refractivity contribution is 6.56. The van der Waals surface area contributed by atoms with Crippen LogP contribution in [-0.4, -0.2) is 42.9 Å². The van der Waals surface area contributed by atoms with E-state index in [1.54, 1.807) is 13.2 Å². The summed E-state index contributed by atoms with van der Waals surface area (Å²) in [5.74, 6) is 0.410. The lowest BCUT2D eigenvalue weighted by atomic mass is 9.77. The Morgan fingerprint density at radius 2 is 1.92 bits per heavy atom. The number of pyridine rings is 1. The first kappa shape index (κ1) is 18.5. The van der Waals surface area contributed by atoms with Gasteiger partial charge in [0.2, 0.25) is 11.8 Å². The summed E-state index contributed by atoms with van der Waals surface area (Å²) in [6, 6.07) is 5.50. The molecule has 1 aromatic heterocycles. The zero-order valence-electron chi connectivity index (χ0n) is 15.2. The van der Waals surface area contributed by atoms with E-state index in [1.165, 1.54) is 6.92 Å². The van der Waals surface area contributed by atoms with E-state index in [1.807, 2.05) is 45.9 Å². The second-order valence-corrected chi connectivity index (χ2v) is 6.82. The molecule has 0 aromatic carbocycles. The van der Waals surface area contributed by atoms with Gasteiger partial charge in [-0.1, -0.05) is 6.07 Å². The molecule has 0 saturated carbocycles. The normalized spacial score (nSPS) is 19.2. The number of rotatable bonds is 5. The first-order valence-electron chi connectivity index (χ1n) is 7.96. The minimum atomic E-state index is -0.546. The van der Waals surface area contributed by atoms with Crippen LogP contribution in [0.25, 0.3) is 6.08 Å². The van der Waals surface area contributed by atoms with Crippen molar-refractivity contribution in [3.05, 3.63) is 29.4 Å². The molecule has 0 spiro atoms. The predicted molar refractivity (Wildman–Crippen MR) is 93.5 cm³/mol. The fourth-order valence-electron chi connectivity index (χ4n) is 2.24. The summed E-state index contributed by atoms with van der Waals surface area (Å²) in [7, 11) is 1.03. The Balaban J connectivity index is 2.31. The molecule has 1 fully saturated rings. The van der Waals surface area contributed by atoms with E-state index in [0.29, 0.717) is 18.1 Å². The molecule has 130 valence electrons. The molecule has 0 atom stereocenters. The lowest BCUT2D eigenvalue weighted by molar-refractivity contribution is -0.118. The molecule has 0 bridgehead atoms. The van der Waals surface area contributed by atoms with Crippen molar-refractivity contribution in [2.75, 3.05) is 13.7 Å². The third kappa shape index (κ3) is 4.16. The first-order valence-corrected chi connectivity index (χ1v) is 7.96. The maximum atomic E-state index is 11.3. The minimum Gasteiger partial charge on any atom is -0.481 e. The van der Waals surface area contributed by atoms with Gasteiger partial charge in [0.25, 0.3) is 0 Å². The second-order valence-electron chi connectivity index (χ2n) is 6.82. The predicted octanol–water partition coefficient (Wildman–Crippen LogP) is 2.24. The second kappa shape index (κ2) is 6.95. The number of hydrogen-bond donors (Lipinski definition) is 1. The van der Waals surface area contributed by atoms with Crippen LogP contribution >= 0.6 is 0 Å². The first-order chi connectivity index (χ1) is 11.1. The van der Waals surface area contributed by atoms with Gasteiger partial charge >= 0.3 is 7.12 Å². The molecule has 7 heteroatoms. The Morgan fingerprint density at radius 1 is 1.29 bits per heavy atom. The van der Waals surface area contributed by atoms with Crippen molar-refractivity contribution in [3.8, 4) is 5.88 Å². The topological polar surface area (TPSA) is 69.7 Å². The molecule has 0 unspecified atom stereocenters.